The molecule has 144 valence electrons. The summed E-state index contributed by atoms with van der Waals surface area (Å²) in [6, 6.07) is 11.2. The predicted molar refractivity (Wildman–Crippen MR) is 110 cm³/mol. The maximum absolute atomic E-state index is 13.0. The number of aryl methyl sites for hydroxylation is 1. The Bertz CT molecular complexity index is 1040. The number of anilines is 1. The van der Waals surface area contributed by atoms with Gasteiger partial charge in [0.25, 0.3) is 5.91 Å². The Morgan fingerprint density at radius 2 is 2.11 bits per heavy atom. The van der Waals surface area contributed by atoms with Crippen LogP contribution in [0.3, 0.4) is 0 Å². The summed E-state index contributed by atoms with van der Waals surface area (Å²) in [5.74, 6) is 1.27. The summed E-state index contributed by atoms with van der Waals surface area (Å²) in [6.45, 7) is 3.25. The van der Waals surface area contributed by atoms with Gasteiger partial charge in [0, 0.05) is 24.2 Å². The lowest BCUT2D eigenvalue weighted by atomic mass is 10.1. The molecular formula is C21H21ClN4O2. The Kier molecular flexibility index (Phi) is 5.05. The molecule has 28 heavy (non-hydrogen) atoms. The van der Waals surface area contributed by atoms with Crippen LogP contribution in [0.5, 0.6) is 5.75 Å². The van der Waals surface area contributed by atoms with Crippen LogP contribution >= 0.6 is 11.6 Å². The van der Waals surface area contributed by atoms with Gasteiger partial charge in [0.15, 0.2) is 0 Å². The topological polar surface area (TPSA) is 67.3 Å². The maximum atomic E-state index is 13.0. The number of carbonyl (C=O) groups is 1. The van der Waals surface area contributed by atoms with E-state index in [1.54, 1.807) is 25.4 Å². The molecule has 1 amide bonds. The van der Waals surface area contributed by atoms with E-state index in [4.69, 9.17) is 16.3 Å². The summed E-state index contributed by atoms with van der Waals surface area (Å²) in [7, 11) is 1.58. The first kappa shape index (κ1) is 18.5. The number of halogens is 1. The average molecular weight is 397 g/mol. The fourth-order valence-electron chi connectivity index (χ4n) is 3.49. The summed E-state index contributed by atoms with van der Waals surface area (Å²) < 4.78 is 5.36. The summed E-state index contributed by atoms with van der Waals surface area (Å²) in [5.41, 5.74) is 3.17. The quantitative estimate of drug-likeness (QED) is 0.723. The summed E-state index contributed by atoms with van der Waals surface area (Å²) in [5, 5.41) is 4.02. The first-order valence-corrected chi connectivity index (χ1v) is 9.54. The van der Waals surface area contributed by atoms with Gasteiger partial charge in [-0.25, -0.2) is 4.98 Å². The molecule has 0 aliphatic carbocycles. The number of nitrogens with zero attached hydrogens (tertiary/aromatic N) is 3. The molecule has 1 aliphatic rings. The second kappa shape index (κ2) is 7.64. The summed E-state index contributed by atoms with van der Waals surface area (Å²) in [6.07, 6.45) is 2.55. The third-order valence-corrected chi connectivity index (χ3v) is 5.15. The van der Waals surface area contributed by atoms with E-state index in [0.717, 1.165) is 23.0 Å². The highest BCUT2D eigenvalue weighted by Gasteiger charge is 2.28. The fourth-order valence-corrected chi connectivity index (χ4v) is 3.65. The van der Waals surface area contributed by atoms with Crippen LogP contribution in [0.25, 0.3) is 11.0 Å². The first-order chi connectivity index (χ1) is 13.5. The van der Waals surface area contributed by atoms with Crippen molar-refractivity contribution in [2.75, 3.05) is 25.5 Å². The minimum Gasteiger partial charge on any atom is -0.496 e. The van der Waals surface area contributed by atoms with Crippen molar-refractivity contribution in [1.29, 1.82) is 0 Å². The van der Waals surface area contributed by atoms with Crippen molar-refractivity contribution >= 4 is 34.4 Å². The van der Waals surface area contributed by atoms with Gasteiger partial charge in [-0.2, -0.15) is 0 Å². The molecular weight excluding hydrogens is 376 g/mol. The Hall–Kier alpha value is -2.86. The van der Waals surface area contributed by atoms with Crippen LogP contribution in [-0.2, 0) is 0 Å². The summed E-state index contributed by atoms with van der Waals surface area (Å²) >= 11 is 6.05. The number of hydrogen-bond acceptors (Lipinski definition) is 5. The molecule has 0 bridgehead atoms. The third-order valence-electron chi connectivity index (χ3n) is 4.92. The number of fused-ring (bicyclic) bond motifs is 1. The molecule has 0 unspecified atom stereocenters. The highest BCUT2D eigenvalue weighted by molar-refractivity contribution is 6.31. The highest BCUT2D eigenvalue weighted by atomic mass is 35.5. The molecule has 1 atom stereocenters. The molecule has 0 radical (unpaired) electrons. The smallest absolute Gasteiger partial charge is 0.257 e. The van der Waals surface area contributed by atoms with Gasteiger partial charge in [-0.05, 0) is 43.7 Å². The van der Waals surface area contributed by atoms with Crippen LogP contribution in [0.2, 0.25) is 5.02 Å². The first-order valence-electron chi connectivity index (χ1n) is 9.16. The van der Waals surface area contributed by atoms with Crippen LogP contribution in [0.1, 0.15) is 22.3 Å². The number of nitrogens with one attached hydrogen (secondary N) is 1. The van der Waals surface area contributed by atoms with Crippen LogP contribution in [-0.4, -0.2) is 47.0 Å². The Balaban J connectivity index is 1.47. The number of likely N-dealkylation sites (tertiary alicyclic amines) is 1. The van der Waals surface area contributed by atoms with Crippen molar-refractivity contribution in [3.63, 3.8) is 0 Å². The number of amides is 1. The van der Waals surface area contributed by atoms with Crippen molar-refractivity contribution in [2.45, 2.75) is 19.4 Å². The van der Waals surface area contributed by atoms with Crippen molar-refractivity contribution in [3.8, 4) is 5.75 Å². The van der Waals surface area contributed by atoms with Crippen LogP contribution < -0.4 is 10.1 Å². The molecule has 1 fully saturated rings. The molecule has 1 aliphatic heterocycles. The SMILES string of the molecule is COc1ccc(C)cc1C(=O)N1CC[C@@H](Nc2cnc3ccc(Cl)cc3n2)C1. The van der Waals surface area contributed by atoms with Gasteiger partial charge in [0.05, 0.1) is 29.9 Å². The third kappa shape index (κ3) is 3.73. The van der Waals surface area contributed by atoms with Crippen LogP contribution in [0, 0.1) is 6.92 Å². The van der Waals surface area contributed by atoms with E-state index in [9.17, 15) is 4.79 Å². The number of rotatable bonds is 4. The van der Waals surface area contributed by atoms with E-state index in [-0.39, 0.29) is 11.9 Å². The molecule has 1 aromatic heterocycles. The Morgan fingerprint density at radius 3 is 2.93 bits per heavy atom. The molecule has 1 saturated heterocycles. The maximum Gasteiger partial charge on any atom is 0.257 e. The fraction of sp³-hybridized carbons (Fsp3) is 0.286. The molecule has 1 N–H and O–H groups in total. The van der Waals surface area contributed by atoms with E-state index >= 15 is 0 Å². The van der Waals surface area contributed by atoms with Gasteiger partial charge in [-0.1, -0.05) is 23.2 Å². The monoisotopic (exact) mass is 396 g/mol. The zero-order valence-electron chi connectivity index (χ0n) is 15.8. The zero-order valence-corrected chi connectivity index (χ0v) is 16.5. The average Bonchev–Trinajstić information content (AvgIpc) is 3.15. The van der Waals surface area contributed by atoms with Crippen LogP contribution in [0.4, 0.5) is 5.82 Å². The minimum absolute atomic E-state index is 0.0128. The lowest BCUT2D eigenvalue weighted by Gasteiger charge is -2.19. The zero-order chi connectivity index (χ0) is 19.7. The second-order valence-corrected chi connectivity index (χ2v) is 7.41. The van der Waals surface area contributed by atoms with E-state index in [1.807, 2.05) is 36.1 Å². The van der Waals surface area contributed by atoms with Crippen LogP contribution in [0.15, 0.2) is 42.6 Å². The standard InChI is InChI=1S/C21H21ClN4O2/c1-13-3-6-19(28-2)16(9-13)21(27)26-8-7-15(12-26)24-20-11-23-17-5-4-14(22)10-18(17)25-20/h3-6,9-11,15H,7-8,12H2,1-2H3,(H,24,25)/t15-/m1/s1. The molecule has 4 rings (SSSR count). The van der Waals surface area contributed by atoms with E-state index in [2.05, 4.69) is 15.3 Å². The minimum atomic E-state index is -0.0128. The van der Waals surface area contributed by atoms with Crippen molar-refractivity contribution < 1.29 is 9.53 Å². The number of aromatic nitrogens is 2. The van der Waals surface area contributed by atoms with Gasteiger partial charge < -0.3 is 15.0 Å². The molecule has 0 spiro atoms. The number of hydrogen-bond donors (Lipinski definition) is 1. The van der Waals surface area contributed by atoms with E-state index in [1.165, 1.54) is 0 Å². The second-order valence-electron chi connectivity index (χ2n) is 6.97. The molecule has 2 heterocycles. The number of benzene rings is 2. The number of carbonyl (C=O) groups excluding carboxylic acids is 1. The van der Waals surface area contributed by atoms with Gasteiger partial charge in [0.1, 0.15) is 11.6 Å². The Morgan fingerprint density at radius 1 is 1.25 bits per heavy atom. The largest absolute Gasteiger partial charge is 0.496 e. The molecule has 0 saturated carbocycles. The van der Waals surface area contributed by atoms with Crippen molar-refractivity contribution in [1.82, 2.24) is 14.9 Å². The lowest BCUT2D eigenvalue weighted by Crippen LogP contribution is -2.32. The van der Waals surface area contributed by atoms with E-state index < -0.39 is 0 Å². The lowest BCUT2D eigenvalue weighted by molar-refractivity contribution is 0.0788. The molecule has 2 aromatic carbocycles. The molecule has 7 heteroatoms. The number of ether oxygens (including phenoxy) is 1. The van der Waals surface area contributed by atoms with E-state index in [0.29, 0.717) is 35.2 Å². The van der Waals surface area contributed by atoms with Gasteiger partial charge in [-0.3, -0.25) is 9.78 Å². The van der Waals surface area contributed by atoms with Gasteiger partial charge in [0.2, 0.25) is 0 Å². The summed E-state index contributed by atoms with van der Waals surface area (Å²) in [4.78, 5) is 23.8. The predicted octanol–water partition coefficient (Wildman–Crippen LogP) is 3.93. The van der Waals surface area contributed by atoms with Crippen molar-refractivity contribution in [2.24, 2.45) is 0 Å². The number of methoxy groups -OCH3 is 1. The van der Waals surface area contributed by atoms with Crippen molar-refractivity contribution in [3.05, 3.63) is 58.7 Å². The van der Waals surface area contributed by atoms with Gasteiger partial charge in [-0.15, -0.1) is 0 Å². The Labute approximate surface area is 168 Å². The highest BCUT2D eigenvalue weighted by Crippen LogP contribution is 2.24. The molecule has 3 aromatic rings. The molecule has 6 nitrogen and oxygen atoms in total. The van der Waals surface area contributed by atoms with Gasteiger partial charge >= 0.3 is 0 Å². The normalized spacial score (nSPS) is 16.4.